The van der Waals surface area contributed by atoms with E-state index in [-0.39, 0.29) is 12.0 Å². The van der Waals surface area contributed by atoms with Crippen molar-refractivity contribution < 1.29 is 9.15 Å². The van der Waals surface area contributed by atoms with Gasteiger partial charge < -0.3 is 14.5 Å². The first-order valence-corrected chi connectivity index (χ1v) is 6.96. The molecule has 1 aromatic heterocycles. The molecule has 1 saturated heterocycles. The van der Waals surface area contributed by atoms with E-state index in [0.29, 0.717) is 0 Å². The van der Waals surface area contributed by atoms with Crippen LogP contribution in [0.3, 0.4) is 0 Å². The zero-order valence-corrected chi connectivity index (χ0v) is 11.3. The summed E-state index contributed by atoms with van der Waals surface area (Å²) in [4.78, 5) is 0. The standard InChI is InChI=1S/C13H23N3O2/c1-3-7-14-8-4-5-12-15-16-13(18-12)11-6-9-17-10(11)2/h10-11,14H,3-9H2,1-2H3. The average Bonchev–Trinajstić information content (AvgIpc) is 2.97. The van der Waals surface area contributed by atoms with E-state index in [4.69, 9.17) is 9.15 Å². The Bertz CT molecular complexity index is 354. The molecule has 0 radical (unpaired) electrons. The second kappa shape index (κ2) is 6.85. The van der Waals surface area contributed by atoms with Gasteiger partial charge in [-0.3, -0.25) is 0 Å². The number of aryl methyl sites for hydroxylation is 1. The van der Waals surface area contributed by atoms with Gasteiger partial charge in [0.15, 0.2) is 0 Å². The number of rotatable bonds is 7. The molecule has 1 aromatic rings. The molecule has 1 aliphatic heterocycles. The van der Waals surface area contributed by atoms with Crippen molar-refractivity contribution in [2.75, 3.05) is 19.7 Å². The number of hydrogen-bond donors (Lipinski definition) is 1. The molecule has 0 amide bonds. The molecule has 2 heterocycles. The molecular weight excluding hydrogens is 230 g/mol. The molecule has 0 spiro atoms. The van der Waals surface area contributed by atoms with Crippen LogP contribution in [0.1, 0.15) is 50.8 Å². The molecule has 1 fully saturated rings. The Morgan fingerprint density at radius 3 is 2.94 bits per heavy atom. The summed E-state index contributed by atoms with van der Waals surface area (Å²) in [5, 5.41) is 11.6. The highest BCUT2D eigenvalue weighted by molar-refractivity contribution is 4.97. The van der Waals surface area contributed by atoms with Crippen molar-refractivity contribution in [2.45, 2.75) is 51.6 Å². The summed E-state index contributed by atoms with van der Waals surface area (Å²) in [7, 11) is 0. The lowest BCUT2D eigenvalue weighted by atomic mass is 10.0. The Balaban J connectivity index is 1.75. The van der Waals surface area contributed by atoms with Crippen LogP contribution >= 0.6 is 0 Å². The fraction of sp³-hybridized carbons (Fsp3) is 0.846. The van der Waals surface area contributed by atoms with E-state index >= 15 is 0 Å². The van der Waals surface area contributed by atoms with Crippen molar-refractivity contribution in [3.8, 4) is 0 Å². The third-order valence-electron chi connectivity index (χ3n) is 3.35. The minimum absolute atomic E-state index is 0.199. The largest absolute Gasteiger partial charge is 0.425 e. The number of aromatic nitrogens is 2. The molecule has 0 aliphatic carbocycles. The van der Waals surface area contributed by atoms with Crippen molar-refractivity contribution >= 4 is 0 Å². The SMILES string of the molecule is CCCNCCCc1nnc(C2CCOC2C)o1. The Morgan fingerprint density at radius 1 is 1.33 bits per heavy atom. The van der Waals surface area contributed by atoms with E-state index in [1.807, 2.05) is 0 Å². The van der Waals surface area contributed by atoms with Crippen molar-refractivity contribution in [3.63, 3.8) is 0 Å². The van der Waals surface area contributed by atoms with Crippen molar-refractivity contribution in [1.29, 1.82) is 0 Å². The lowest BCUT2D eigenvalue weighted by molar-refractivity contribution is 0.114. The highest BCUT2D eigenvalue weighted by Gasteiger charge is 2.30. The summed E-state index contributed by atoms with van der Waals surface area (Å²) >= 11 is 0. The topological polar surface area (TPSA) is 60.2 Å². The Kier molecular flexibility index (Phi) is 5.13. The van der Waals surface area contributed by atoms with Crippen molar-refractivity contribution in [1.82, 2.24) is 15.5 Å². The third kappa shape index (κ3) is 3.53. The molecule has 0 saturated carbocycles. The monoisotopic (exact) mass is 253 g/mol. The second-order valence-corrected chi connectivity index (χ2v) is 4.86. The zero-order chi connectivity index (χ0) is 12.8. The first-order valence-electron chi connectivity index (χ1n) is 6.96. The van der Waals surface area contributed by atoms with E-state index in [1.165, 1.54) is 6.42 Å². The van der Waals surface area contributed by atoms with E-state index in [0.717, 1.165) is 50.7 Å². The summed E-state index contributed by atoms with van der Waals surface area (Å²) in [5.41, 5.74) is 0. The minimum atomic E-state index is 0.199. The molecule has 2 unspecified atom stereocenters. The molecule has 102 valence electrons. The lowest BCUT2D eigenvalue weighted by Gasteiger charge is -2.08. The highest BCUT2D eigenvalue weighted by atomic mass is 16.5. The second-order valence-electron chi connectivity index (χ2n) is 4.86. The summed E-state index contributed by atoms with van der Waals surface area (Å²) in [6, 6.07) is 0. The van der Waals surface area contributed by atoms with E-state index < -0.39 is 0 Å². The maximum absolute atomic E-state index is 5.71. The number of nitrogens with zero attached hydrogens (tertiary/aromatic N) is 2. The zero-order valence-electron chi connectivity index (χ0n) is 11.3. The molecule has 2 rings (SSSR count). The van der Waals surface area contributed by atoms with Gasteiger partial charge in [-0.15, -0.1) is 10.2 Å². The maximum atomic E-state index is 5.71. The minimum Gasteiger partial charge on any atom is -0.425 e. The van der Waals surface area contributed by atoms with Crippen LogP contribution in [0, 0.1) is 0 Å². The summed E-state index contributed by atoms with van der Waals surface area (Å²) in [6.45, 7) is 7.11. The summed E-state index contributed by atoms with van der Waals surface area (Å²) in [6.07, 6.45) is 4.25. The van der Waals surface area contributed by atoms with Gasteiger partial charge in [-0.25, -0.2) is 0 Å². The van der Waals surface area contributed by atoms with Crippen LogP contribution in [0.15, 0.2) is 4.42 Å². The van der Waals surface area contributed by atoms with Crippen LogP contribution in [0.25, 0.3) is 0 Å². The Morgan fingerprint density at radius 2 is 2.22 bits per heavy atom. The molecule has 5 heteroatoms. The predicted molar refractivity (Wildman–Crippen MR) is 68.6 cm³/mol. The quantitative estimate of drug-likeness (QED) is 0.752. The van der Waals surface area contributed by atoms with Gasteiger partial charge in [-0.05, 0) is 39.3 Å². The van der Waals surface area contributed by atoms with Gasteiger partial charge in [0, 0.05) is 13.0 Å². The van der Waals surface area contributed by atoms with Gasteiger partial charge in [-0.2, -0.15) is 0 Å². The normalized spacial score (nSPS) is 23.7. The summed E-state index contributed by atoms with van der Waals surface area (Å²) in [5.74, 6) is 1.78. The molecular formula is C13H23N3O2. The van der Waals surface area contributed by atoms with Gasteiger partial charge in [-0.1, -0.05) is 6.92 Å². The molecule has 18 heavy (non-hydrogen) atoms. The van der Waals surface area contributed by atoms with Crippen LogP contribution in [0.4, 0.5) is 0 Å². The maximum Gasteiger partial charge on any atom is 0.222 e. The van der Waals surface area contributed by atoms with Gasteiger partial charge >= 0.3 is 0 Å². The average molecular weight is 253 g/mol. The van der Waals surface area contributed by atoms with Gasteiger partial charge in [0.25, 0.3) is 0 Å². The first-order chi connectivity index (χ1) is 8.81. The van der Waals surface area contributed by atoms with Crippen LogP contribution in [-0.4, -0.2) is 36.0 Å². The van der Waals surface area contributed by atoms with Gasteiger partial charge in [0.05, 0.1) is 12.0 Å². The molecule has 2 atom stereocenters. The first kappa shape index (κ1) is 13.5. The predicted octanol–water partition coefficient (Wildman–Crippen LogP) is 1.89. The number of nitrogens with one attached hydrogen (secondary N) is 1. The van der Waals surface area contributed by atoms with Crippen molar-refractivity contribution in [2.24, 2.45) is 0 Å². The van der Waals surface area contributed by atoms with Crippen LogP contribution in [0.2, 0.25) is 0 Å². The van der Waals surface area contributed by atoms with Gasteiger partial charge in [0.2, 0.25) is 11.8 Å². The number of hydrogen-bond acceptors (Lipinski definition) is 5. The van der Waals surface area contributed by atoms with E-state index in [9.17, 15) is 0 Å². The Hall–Kier alpha value is -0.940. The lowest BCUT2D eigenvalue weighted by Crippen LogP contribution is -2.16. The highest BCUT2D eigenvalue weighted by Crippen LogP contribution is 2.29. The third-order valence-corrected chi connectivity index (χ3v) is 3.35. The van der Waals surface area contributed by atoms with Crippen LogP contribution < -0.4 is 5.32 Å². The fourth-order valence-corrected chi connectivity index (χ4v) is 2.24. The molecule has 0 aromatic carbocycles. The molecule has 5 nitrogen and oxygen atoms in total. The van der Waals surface area contributed by atoms with Crippen molar-refractivity contribution in [3.05, 3.63) is 11.8 Å². The van der Waals surface area contributed by atoms with E-state index in [1.54, 1.807) is 0 Å². The molecule has 1 N–H and O–H groups in total. The summed E-state index contributed by atoms with van der Waals surface area (Å²) < 4.78 is 11.2. The Labute approximate surface area is 108 Å². The fourth-order valence-electron chi connectivity index (χ4n) is 2.24. The molecule has 1 aliphatic rings. The molecule has 0 bridgehead atoms. The van der Waals surface area contributed by atoms with E-state index in [2.05, 4.69) is 29.4 Å². The van der Waals surface area contributed by atoms with Crippen LogP contribution in [0.5, 0.6) is 0 Å². The number of ether oxygens (including phenoxy) is 1. The van der Waals surface area contributed by atoms with Crippen LogP contribution in [-0.2, 0) is 11.2 Å². The van der Waals surface area contributed by atoms with Gasteiger partial charge in [0.1, 0.15) is 0 Å². The smallest absolute Gasteiger partial charge is 0.222 e.